The predicted molar refractivity (Wildman–Crippen MR) is 70.2 cm³/mol. The van der Waals surface area contributed by atoms with Crippen molar-refractivity contribution in [1.29, 1.82) is 0 Å². The Hall–Kier alpha value is -1.08. The number of benzene rings is 1. The van der Waals surface area contributed by atoms with Crippen LogP contribution in [0.5, 0.6) is 0 Å². The summed E-state index contributed by atoms with van der Waals surface area (Å²) in [4.78, 5) is 12.6. The number of likely N-dealkylation sites (tertiary alicyclic amines) is 1. The Labute approximate surface area is 122 Å². The van der Waals surface area contributed by atoms with Crippen molar-refractivity contribution in [2.45, 2.75) is 19.1 Å². The predicted octanol–water partition coefficient (Wildman–Crippen LogP) is 3.29. The number of rotatable bonds is 3. The fourth-order valence-electron chi connectivity index (χ4n) is 2.40. The van der Waals surface area contributed by atoms with E-state index in [-0.39, 0.29) is 6.54 Å². The lowest BCUT2D eigenvalue weighted by Gasteiger charge is -2.27. The Morgan fingerprint density at radius 3 is 2.40 bits per heavy atom. The Morgan fingerprint density at radius 2 is 1.95 bits per heavy atom. The number of carboxylic acid groups (broad SMARTS) is 1. The van der Waals surface area contributed by atoms with Crippen LogP contribution in [0.15, 0.2) is 28.7 Å². The molecule has 1 aromatic carbocycles. The fraction of sp³-hybridized carbons (Fsp3) is 0.462. The molecule has 20 heavy (non-hydrogen) atoms. The van der Waals surface area contributed by atoms with E-state index in [1.165, 1.54) is 4.90 Å². The van der Waals surface area contributed by atoms with E-state index in [1.807, 2.05) is 0 Å². The second-order valence-corrected chi connectivity index (χ2v) is 5.89. The molecule has 1 aliphatic rings. The average molecular weight is 352 g/mol. The van der Waals surface area contributed by atoms with Gasteiger partial charge in [0.2, 0.25) is 0 Å². The summed E-state index contributed by atoms with van der Waals surface area (Å²) in [6.45, 7) is -0.0534. The monoisotopic (exact) mass is 351 g/mol. The van der Waals surface area contributed by atoms with E-state index in [2.05, 4.69) is 15.9 Å². The van der Waals surface area contributed by atoms with Crippen LogP contribution < -0.4 is 0 Å². The molecule has 0 bridgehead atoms. The SMILES string of the molecule is O=C(O)C1(C(F)(F)F)CCN(Cc2ccc(Br)cc2)C1. The van der Waals surface area contributed by atoms with Gasteiger partial charge in [-0.2, -0.15) is 13.2 Å². The van der Waals surface area contributed by atoms with Crippen molar-refractivity contribution in [1.82, 2.24) is 4.90 Å². The van der Waals surface area contributed by atoms with Gasteiger partial charge in [0.15, 0.2) is 5.41 Å². The molecule has 0 saturated carbocycles. The van der Waals surface area contributed by atoms with Gasteiger partial charge in [-0.25, -0.2) is 0 Å². The molecular weight excluding hydrogens is 339 g/mol. The van der Waals surface area contributed by atoms with Crippen LogP contribution in [0.3, 0.4) is 0 Å². The zero-order valence-corrected chi connectivity index (χ0v) is 12.0. The standard InChI is InChI=1S/C13H13BrF3NO2/c14-10-3-1-9(2-4-10)7-18-6-5-12(8-18,11(19)20)13(15,16)17/h1-4H,5-8H2,(H,19,20). The second-order valence-electron chi connectivity index (χ2n) is 4.97. The molecule has 0 radical (unpaired) electrons. The molecule has 7 heteroatoms. The molecule has 0 spiro atoms. The van der Waals surface area contributed by atoms with Crippen molar-refractivity contribution in [3.05, 3.63) is 34.3 Å². The fourth-order valence-corrected chi connectivity index (χ4v) is 2.66. The van der Waals surface area contributed by atoms with E-state index in [1.54, 1.807) is 24.3 Å². The van der Waals surface area contributed by atoms with Crippen LogP contribution in [0.1, 0.15) is 12.0 Å². The highest BCUT2D eigenvalue weighted by molar-refractivity contribution is 9.10. The van der Waals surface area contributed by atoms with Gasteiger partial charge in [0.25, 0.3) is 0 Å². The number of halogens is 4. The van der Waals surface area contributed by atoms with Crippen LogP contribution in [0.25, 0.3) is 0 Å². The van der Waals surface area contributed by atoms with E-state index < -0.39 is 30.5 Å². The minimum Gasteiger partial charge on any atom is -0.481 e. The third-order valence-electron chi connectivity index (χ3n) is 3.62. The minimum atomic E-state index is -4.73. The maximum atomic E-state index is 13.0. The number of carboxylic acids is 1. The van der Waals surface area contributed by atoms with Crippen LogP contribution in [-0.2, 0) is 11.3 Å². The maximum absolute atomic E-state index is 13.0. The topological polar surface area (TPSA) is 40.5 Å². The molecule has 1 unspecified atom stereocenters. The molecule has 1 saturated heterocycles. The van der Waals surface area contributed by atoms with E-state index in [0.717, 1.165) is 10.0 Å². The van der Waals surface area contributed by atoms with Gasteiger partial charge in [-0.15, -0.1) is 0 Å². The van der Waals surface area contributed by atoms with Gasteiger partial charge in [0.1, 0.15) is 0 Å². The van der Waals surface area contributed by atoms with Gasteiger partial charge in [0, 0.05) is 24.1 Å². The highest BCUT2D eigenvalue weighted by Crippen LogP contribution is 2.45. The molecule has 0 amide bonds. The molecule has 3 nitrogen and oxygen atoms in total. The molecule has 0 aliphatic carbocycles. The van der Waals surface area contributed by atoms with Gasteiger partial charge in [0.05, 0.1) is 0 Å². The van der Waals surface area contributed by atoms with E-state index in [4.69, 9.17) is 5.11 Å². The summed E-state index contributed by atoms with van der Waals surface area (Å²) >= 11 is 3.28. The largest absolute Gasteiger partial charge is 0.481 e. The molecule has 1 aliphatic heterocycles. The second kappa shape index (κ2) is 5.37. The molecule has 2 rings (SSSR count). The first-order valence-corrected chi connectivity index (χ1v) is 6.81. The van der Waals surface area contributed by atoms with E-state index in [9.17, 15) is 18.0 Å². The average Bonchev–Trinajstić information content (AvgIpc) is 2.77. The van der Waals surface area contributed by atoms with E-state index >= 15 is 0 Å². The number of nitrogens with zero attached hydrogens (tertiary/aromatic N) is 1. The lowest BCUT2D eigenvalue weighted by molar-refractivity contribution is -0.227. The van der Waals surface area contributed by atoms with Crippen LogP contribution in [0, 0.1) is 5.41 Å². The number of carbonyl (C=O) groups is 1. The zero-order valence-electron chi connectivity index (χ0n) is 10.5. The third-order valence-corrected chi connectivity index (χ3v) is 4.15. The van der Waals surface area contributed by atoms with Gasteiger partial charge >= 0.3 is 12.1 Å². The summed E-state index contributed by atoms with van der Waals surface area (Å²) < 4.78 is 39.9. The van der Waals surface area contributed by atoms with Crippen molar-refractivity contribution < 1.29 is 23.1 Å². The Balaban J connectivity index is 2.11. The Kier molecular flexibility index (Phi) is 4.11. The van der Waals surface area contributed by atoms with Crippen molar-refractivity contribution in [2.24, 2.45) is 5.41 Å². The van der Waals surface area contributed by atoms with Gasteiger partial charge in [-0.1, -0.05) is 28.1 Å². The molecule has 1 atom stereocenters. The van der Waals surface area contributed by atoms with Crippen molar-refractivity contribution >= 4 is 21.9 Å². The van der Waals surface area contributed by atoms with Crippen molar-refractivity contribution in [2.75, 3.05) is 13.1 Å². The molecule has 110 valence electrons. The van der Waals surface area contributed by atoms with Gasteiger partial charge in [-0.05, 0) is 24.1 Å². The number of hydrogen-bond acceptors (Lipinski definition) is 2. The minimum absolute atomic E-state index is 0.127. The molecule has 1 aromatic rings. The smallest absolute Gasteiger partial charge is 0.406 e. The van der Waals surface area contributed by atoms with Crippen molar-refractivity contribution in [3.63, 3.8) is 0 Å². The Morgan fingerprint density at radius 1 is 1.35 bits per heavy atom. The summed E-state index contributed by atoms with van der Waals surface area (Å²) in [5.41, 5.74) is -1.78. The summed E-state index contributed by atoms with van der Waals surface area (Å²) in [7, 11) is 0. The summed E-state index contributed by atoms with van der Waals surface area (Å²) in [6, 6.07) is 7.22. The number of alkyl halides is 3. The van der Waals surface area contributed by atoms with Crippen LogP contribution in [0.4, 0.5) is 13.2 Å². The number of aliphatic carboxylic acids is 1. The molecule has 1 N–H and O–H groups in total. The summed E-state index contributed by atoms with van der Waals surface area (Å²) in [5.74, 6) is -1.79. The van der Waals surface area contributed by atoms with Crippen LogP contribution in [0.2, 0.25) is 0 Å². The lowest BCUT2D eigenvalue weighted by Crippen LogP contribution is -2.47. The summed E-state index contributed by atoms with van der Waals surface area (Å²) in [6.07, 6.45) is -5.13. The lowest BCUT2D eigenvalue weighted by atomic mass is 9.86. The summed E-state index contributed by atoms with van der Waals surface area (Å²) in [5, 5.41) is 8.97. The maximum Gasteiger partial charge on any atom is 0.406 e. The first-order chi connectivity index (χ1) is 9.24. The normalized spacial score (nSPS) is 24.0. The molecule has 0 aromatic heterocycles. The first kappa shape index (κ1) is 15.3. The molecule has 1 heterocycles. The zero-order chi connectivity index (χ0) is 15.0. The quantitative estimate of drug-likeness (QED) is 0.908. The van der Waals surface area contributed by atoms with Crippen molar-refractivity contribution in [3.8, 4) is 0 Å². The molecular formula is C13H13BrF3NO2. The van der Waals surface area contributed by atoms with Gasteiger partial charge in [-0.3, -0.25) is 9.69 Å². The van der Waals surface area contributed by atoms with Crippen LogP contribution >= 0.6 is 15.9 Å². The highest BCUT2D eigenvalue weighted by Gasteiger charge is 2.63. The first-order valence-electron chi connectivity index (χ1n) is 6.01. The highest BCUT2D eigenvalue weighted by atomic mass is 79.9. The van der Waals surface area contributed by atoms with E-state index in [0.29, 0.717) is 6.54 Å². The third kappa shape index (κ3) is 2.83. The van der Waals surface area contributed by atoms with Crippen LogP contribution in [-0.4, -0.2) is 35.2 Å². The number of hydrogen-bond donors (Lipinski definition) is 1. The molecule has 1 fully saturated rings. The van der Waals surface area contributed by atoms with Gasteiger partial charge < -0.3 is 5.11 Å². The Bertz CT molecular complexity index is 503.